The molecule has 144 valence electrons. The van der Waals surface area contributed by atoms with E-state index in [-0.39, 0.29) is 11.4 Å². The van der Waals surface area contributed by atoms with Gasteiger partial charge in [-0.05, 0) is 36.4 Å². The summed E-state index contributed by atoms with van der Waals surface area (Å²) in [5.41, 5.74) is 2.99. The minimum atomic E-state index is -0.971. The fourth-order valence-electron chi connectivity index (χ4n) is 3.37. The smallest absolute Gasteiger partial charge is 0.337 e. The van der Waals surface area contributed by atoms with Gasteiger partial charge in [0.2, 0.25) is 0 Å². The Bertz CT molecular complexity index is 947. The number of benzene rings is 1. The van der Waals surface area contributed by atoms with E-state index in [2.05, 4.69) is 25.0 Å². The third-order valence-electron chi connectivity index (χ3n) is 4.92. The van der Waals surface area contributed by atoms with E-state index in [9.17, 15) is 9.18 Å². The number of hydrogen-bond donors (Lipinski definition) is 2. The summed E-state index contributed by atoms with van der Waals surface area (Å²) in [4.78, 5) is 19.7. The molecule has 7 nitrogen and oxygen atoms in total. The van der Waals surface area contributed by atoms with Gasteiger partial charge in [0.25, 0.3) is 0 Å². The van der Waals surface area contributed by atoms with E-state index in [1.807, 2.05) is 6.20 Å². The zero-order valence-corrected chi connectivity index (χ0v) is 15.2. The van der Waals surface area contributed by atoms with Gasteiger partial charge in [-0.3, -0.25) is 10.00 Å². The number of aromatic carboxylic acids is 1. The molecule has 0 spiro atoms. The van der Waals surface area contributed by atoms with Crippen LogP contribution in [0.4, 0.5) is 10.2 Å². The molecule has 2 N–H and O–H groups in total. The van der Waals surface area contributed by atoms with Crippen LogP contribution < -0.4 is 4.90 Å². The van der Waals surface area contributed by atoms with Crippen molar-refractivity contribution >= 4 is 11.8 Å². The van der Waals surface area contributed by atoms with Crippen LogP contribution in [-0.2, 0) is 6.54 Å². The zero-order valence-electron chi connectivity index (χ0n) is 15.2. The van der Waals surface area contributed by atoms with Crippen molar-refractivity contribution in [2.75, 3.05) is 31.1 Å². The number of nitrogens with zero attached hydrogens (tertiary/aromatic N) is 4. The molecule has 8 heteroatoms. The molecule has 2 aromatic heterocycles. The number of hydrogen-bond acceptors (Lipinski definition) is 5. The lowest BCUT2D eigenvalue weighted by Crippen LogP contribution is -2.46. The lowest BCUT2D eigenvalue weighted by Gasteiger charge is -2.35. The van der Waals surface area contributed by atoms with Gasteiger partial charge >= 0.3 is 5.97 Å². The summed E-state index contributed by atoms with van der Waals surface area (Å²) in [5, 5.41) is 16.2. The van der Waals surface area contributed by atoms with Gasteiger partial charge in [0.05, 0.1) is 11.3 Å². The molecule has 1 aromatic carbocycles. The quantitative estimate of drug-likeness (QED) is 0.707. The Labute approximate surface area is 161 Å². The minimum absolute atomic E-state index is 0.190. The number of nitrogens with one attached hydrogen (secondary N) is 1. The zero-order chi connectivity index (χ0) is 19.5. The topological polar surface area (TPSA) is 85.4 Å². The summed E-state index contributed by atoms with van der Waals surface area (Å²) in [7, 11) is 0. The molecule has 1 aliphatic rings. The van der Waals surface area contributed by atoms with Crippen molar-refractivity contribution in [1.29, 1.82) is 0 Å². The summed E-state index contributed by atoms with van der Waals surface area (Å²) in [6.07, 6.45) is 3.28. The van der Waals surface area contributed by atoms with Gasteiger partial charge in [-0.2, -0.15) is 5.10 Å². The van der Waals surface area contributed by atoms with E-state index in [0.717, 1.165) is 55.4 Å². The largest absolute Gasteiger partial charge is 0.478 e. The first-order valence-corrected chi connectivity index (χ1v) is 9.05. The number of pyridine rings is 1. The Morgan fingerprint density at radius 1 is 1.11 bits per heavy atom. The van der Waals surface area contributed by atoms with Gasteiger partial charge in [-0.15, -0.1) is 0 Å². The van der Waals surface area contributed by atoms with Gasteiger partial charge < -0.3 is 10.0 Å². The maximum Gasteiger partial charge on any atom is 0.337 e. The minimum Gasteiger partial charge on any atom is -0.478 e. The number of piperazine rings is 1. The molecular formula is C20H20FN5O2. The molecular weight excluding hydrogens is 361 g/mol. The normalized spacial score (nSPS) is 15.0. The number of halogens is 1. The predicted molar refractivity (Wildman–Crippen MR) is 103 cm³/mol. The maximum atomic E-state index is 13.2. The number of aromatic nitrogens is 3. The molecule has 0 radical (unpaired) electrons. The molecule has 0 unspecified atom stereocenters. The van der Waals surface area contributed by atoms with Crippen molar-refractivity contribution in [3.8, 4) is 11.3 Å². The highest BCUT2D eigenvalue weighted by Crippen LogP contribution is 2.23. The van der Waals surface area contributed by atoms with E-state index >= 15 is 0 Å². The Kier molecular flexibility index (Phi) is 5.03. The van der Waals surface area contributed by atoms with Gasteiger partial charge in [-0.1, -0.05) is 0 Å². The van der Waals surface area contributed by atoms with Crippen molar-refractivity contribution < 1.29 is 14.3 Å². The molecule has 1 fully saturated rings. The number of aromatic amines is 1. The summed E-state index contributed by atoms with van der Waals surface area (Å²) in [6.45, 7) is 4.08. The number of anilines is 1. The Hall–Kier alpha value is -3.26. The number of carboxylic acids is 1. The molecule has 0 saturated carbocycles. The van der Waals surface area contributed by atoms with E-state index in [1.165, 1.54) is 18.3 Å². The molecule has 0 amide bonds. The lowest BCUT2D eigenvalue weighted by molar-refractivity contribution is 0.0696. The van der Waals surface area contributed by atoms with Crippen LogP contribution in [0.15, 0.2) is 48.8 Å². The standard InChI is InChI=1S/C20H20FN5O2/c21-17-4-1-14(2-5-17)19-16(12-23-24-19)13-25-7-9-26(10-8-25)18-6-3-15(11-22-18)20(27)28/h1-6,11-12H,7-10,13H2,(H,23,24)(H,27,28). The van der Waals surface area contributed by atoms with Crippen LogP contribution >= 0.6 is 0 Å². The fraction of sp³-hybridized carbons (Fsp3) is 0.250. The van der Waals surface area contributed by atoms with Crippen LogP contribution in [-0.4, -0.2) is 57.3 Å². The Balaban J connectivity index is 1.38. The summed E-state index contributed by atoms with van der Waals surface area (Å²) in [5.74, 6) is -0.442. The first-order valence-electron chi connectivity index (χ1n) is 9.05. The van der Waals surface area contributed by atoms with Crippen molar-refractivity contribution in [3.63, 3.8) is 0 Å². The second kappa shape index (κ2) is 7.77. The van der Waals surface area contributed by atoms with Crippen LogP contribution in [0.2, 0.25) is 0 Å². The van der Waals surface area contributed by atoms with E-state index in [0.29, 0.717) is 0 Å². The van der Waals surface area contributed by atoms with Crippen LogP contribution in [0.5, 0.6) is 0 Å². The van der Waals surface area contributed by atoms with Crippen LogP contribution in [0, 0.1) is 5.82 Å². The molecule has 4 rings (SSSR count). The van der Waals surface area contributed by atoms with Crippen molar-refractivity contribution in [2.24, 2.45) is 0 Å². The second-order valence-corrected chi connectivity index (χ2v) is 6.74. The van der Waals surface area contributed by atoms with E-state index < -0.39 is 5.97 Å². The average molecular weight is 381 g/mol. The molecule has 3 aromatic rings. The highest BCUT2D eigenvalue weighted by atomic mass is 19.1. The van der Waals surface area contributed by atoms with Crippen LogP contribution in [0.3, 0.4) is 0 Å². The number of carboxylic acid groups (broad SMARTS) is 1. The highest BCUT2D eigenvalue weighted by molar-refractivity contribution is 5.87. The van der Waals surface area contributed by atoms with Crippen molar-refractivity contribution in [3.05, 3.63) is 65.7 Å². The van der Waals surface area contributed by atoms with Gasteiger partial charge in [0.15, 0.2) is 0 Å². The number of rotatable bonds is 5. The van der Waals surface area contributed by atoms with E-state index in [4.69, 9.17) is 5.11 Å². The van der Waals surface area contributed by atoms with Gasteiger partial charge in [-0.25, -0.2) is 14.2 Å². The van der Waals surface area contributed by atoms with Crippen LogP contribution in [0.25, 0.3) is 11.3 Å². The first kappa shape index (κ1) is 18.1. The molecule has 0 bridgehead atoms. The molecule has 28 heavy (non-hydrogen) atoms. The monoisotopic (exact) mass is 381 g/mol. The van der Waals surface area contributed by atoms with Crippen LogP contribution in [0.1, 0.15) is 15.9 Å². The summed E-state index contributed by atoms with van der Waals surface area (Å²) < 4.78 is 13.2. The van der Waals surface area contributed by atoms with Gasteiger partial charge in [0, 0.05) is 56.2 Å². The second-order valence-electron chi connectivity index (χ2n) is 6.74. The van der Waals surface area contributed by atoms with E-state index in [1.54, 1.807) is 24.3 Å². The SMILES string of the molecule is O=C(O)c1ccc(N2CCN(Cc3c[nH]nc3-c3ccc(F)cc3)CC2)nc1. The maximum absolute atomic E-state index is 13.2. The molecule has 1 saturated heterocycles. The predicted octanol–water partition coefficient (Wildman–Crippen LogP) is 2.63. The molecule has 0 aliphatic carbocycles. The molecule has 3 heterocycles. The summed E-state index contributed by atoms with van der Waals surface area (Å²) >= 11 is 0. The van der Waals surface area contributed by atoms with Crippen molar-refractivity contribution in [2.45, 2.75) is 6.54 Å². The lowest BCUT2D eigenvalue weighted by atomic mass is 10.1. The summed E-state index contributed by atoms with van der Waals surface area (Å²) in [6, 6.07) is 9.68. The fourth-order valence-corrected chi connectivity index (χ4v) is 3.37. The van der Waals surface area contributed by atoms with Gasteiger partial charge in [0.1, 0.15) is 11.6 Å². The highest BCUT2D eigenvalue weighted by Gasteiger charge is 2.20. The van der Waals surface area contributed by atoms with Crippen molar-refractivity contribution in [1.82, 2.24) is 20.1 Å². The average Bonchev–Trinajstić information content (AvgIpc) is 3.17. The third kappa shape index (κ3) is 3.86. The third-order valence-corrected chi connectivity index (χ3v) is 4.92. The first-order chi connectivity index (χ1) is 13.6. The Morgan fingerprint density at radius 2 is 1.86 bits per heavy atom. The number of H-pyrrole nitrogens is 1. The molecule has 0 atom stereocenters. The Morgan fingerprint density at radius 3 is 2.50 bits per heavy atom. The number of carbonyl (C=O) groups is 1. The molecule has 1 aliphatic heterocycles.